The van der Waals surface area contributed by atoms with Crippen LogP contribution < -0.4 is 14.8 Å². The zero-order chi connectivity index (χ0) is 17.6. The lowest BCUT2D eigenvalue weighted by Gasteiger charge is -2.26. The Hall–Kier alpha value is -2.75. The fourth-order valence-electron chi connectivity index (χ4n) is 3.22. The van der Waals surface area contributed by atoms with Crippen molar-refractivity contribution in [2.24, 2.45) is 0 Å². The van der Waals surface area contributed by atoms with E-state index >= 15 is 0 Å². The van der Waals surface area contributed by atoms with Crippen molar-refractivity contribution < 1.29 is 14.3 Å². The van der Waals surface area contributed by atoms with Crippen molar-refractivity contribution in [2.45, 2.75) is 25.3 Å². The number of nitrogens with one attached hydrogen (secondary N) is 1. The molecule has 0 aliphatic heterocycles. The lowest BCUT2D eigenvalue weighted by molar-refractivity contribution is 0.0932. The van der Waals surface area contributed by atoms with Gasteiger partial charge in [0.2, 0.25) is 0 Å². The molecule has 1 aliphatic rings. The minimum atomic E-state index is -0.102. The predicted molar refractivity (Wildman–Crippen MR) is 98.3 cm³/mol. The second-order valence-corrected chi connectivity index (χ2v) is 6.08. The first-order valence-electron chi connectivity index (χ1n) is 8.53. The van der Waals surface area contributed by atoms with Gasteiger partial charge in [-0.1, -0.05) is 36.9 Å². The molecule has 0 saturated heterocycles. The lowest BCUT2D eigenvalue weighted by Crippen LogP contribution is -2.31. The number of amides is 1. The van der Waals surface area contributed by atoms with E-state index < -0.39 is 0 Å². The van der Waals surface area contributed by atoms with Crippen molar-refractivity contribution in [3.8, 4) is 11.5 Å². The summed E-state index contributed by atoms with van der Waals surface area (Å²) in [5.74, 6) is 1.04. The van der Waals surface area contributed by atoms with Crippen LogP contribution in [0.4, 0.5) is 0 Å². The Morgan fingerprint density at radius 3 is 2.92 bits per heavy atom. The van der Waals surface area contributed by atoms with E-state index in [4.69, 9.17) is 9.47 Å². The highest BCUT2D eigenvalue weighted by Crippen LogP contribution is 2.31. The summed E-state index contributed by atoms with van der Waals surface area (Å²) in [7, 11) is 1.56. The van der Waals surface area contributed by atoms with E-state index in [0.717, 1.165) is 19.3 Å². The van der Waals surface area contributed by atoms with Gasteiger partial charge in [0, 0.05) is 5.56 Å². The first kappa shape index (κ1) is 17.1. The van der Waals surface area contributed by atoms with Crippen LogP contribution in [0.15, 0.2) is 55.1 Å². The zero-order valence-corrected chi connectivity index (χ0v) is 14.5. The fourth-order valence-corrected chi connectivity index (χ4v) is 3.22. The molecule has 1 aliphatic carbocycles. The predicted octanol–water partition coefficient (Wildman–Crippen LogP) is 4.07. The number of aryl methyl sites for hydroxylation is 1. The molecule has 2 aromatic rings. The van der Waals surface area contributed by atoms with Crippen LogP contribution in [0.5, 0.6) is 11.5 Å². The Labute approximate surface area is 148 Å². The van der Waals surface area contributed by atoms with E-state index in [1.165, 1.54) is 11.1 Å². The normalized spacial score (nSPS) is 15.8. The first-order chi connectivity index (χ1) is 12.2. The van der Waals surface area contributed by atoms with Crippen molar-refractivity contribution in [1.29, 1.82) is 0 Å². The molecule has 2 aromatic carbocycles. The SMILES string of the molecule is C=CCOc1ccc(C(=O)NC2CCCc3ccccc32)cc1OC. The van der Waals surface area contributed by atoms with Crippen molar-refractivity contribution in [3.05, 3.63) is 71.8 Å². The number of fused-ring (bicyclic) bond motifs is 1. The van der Waals surface area contributed by atoms with Crippen molar-refractivity contribution in [3.63, 3.8) is 0 Å². The molecule has 0 bridgehead atoms. The maximum Gasteiger partial charge on any atom is 0.251 e. The summed E-state index contributed by atoms with van der Waals surface area (Å²) in [6.07, 6.45) is 4.78. The topological polar surface area (TPSA) is 47.6 Å². The highest BCUT2D eigenvalue weighted by Gasteiger charge is 2.22. The van der Waals surface area contributed by atoms with E-state index in [1.807, 2.05) is 6.07 Å². The summed E-state index contributed by atoms with van der Waals surface area (Å²) in [5.41, 5.74) is 3.11. The number of carbonyl (C=O) groups excluding carboxylic acids is 1. The Morgan fingerprint density at radius 1 is 1.28 bits per heavy atom. The third-order valence-electron chi connectivity index (χ3n) is 4.46. The highest BCUT2D eigenvalue weighted by molar-refractivity contribution is 5.95. The highest BCUT2D eigenvalue weighted by atomic mass is 16.5. The molecule has 0 aromatic heterocycles. The molecule has 1 N–H and O–H groups in total. The second kappa shape index (κ2) is 7.88. The molecule has 4 nitrogen and oxygen atoms in total. The summed E-state index contributed by atoms with van der Waals surface area (Å²) >= 11 is 0. The van der Waals surface area contributed by atoms with Crippen LogP contribution in [0.1, 0.15) is 40.4 Å². The molecule has 0 fully saturated rings. The molecule has 0 radical (unpaired) electrons. The Balaban J connectivity index is 1.77. The average Bonchev–Trinajstić information content (AvgIpc) is 2.66. The number of rotatable bonds is 6. The summed E-state index contributed by atoms with van der Waals surface area (Å²) in [6, 6.07) is 13.6. The summed E-state index contributed by atoms with van der Waals surface area (Å²) in [5, 5.41) is 3.15. The maximum absolute atomic E-state index is 12.7. The average molecular weight is 337 g/mol. The smallest absolute Gasteiger partial charge is 0.251 e. The van der Waals surface area contributed by atoms with Crippen LogP contribution in [-0.2, 0) is 6.42 Å². The van der Waals surface area contributed by atoms with Gasteiger partial charge in [-0.25, -0.2) is 0 Å². The Morgan fingerprint density at radius 2 is 2.12 bits per heavy atom. The van der Waals surface area contributed by atoms with Crippen LogP contribution in [0.2, 0.25) is 0 Å². The molecule has 3 rings (SSSR count). The number of ether oxygens (including phenoxy) is 2. The van der Waals surface area contributed by atoms with Gasteiger partial charge in [-0.15, -0.1) is 0 Å². The van der Waals surface area contributed by atoms with Crippen LogP contribution in [0, 0.1) is 0 Å². The molecule has 1 atom stereocenters. The van der Waals surface area contributed by atoms with E-state index in [0.29, 0.717) is 23.7 Å². The third-order valence-corrected chi connectivity index (χ3v) is 4.46. The molecule has 130 valence electrons. The number of benzene rings is 2. The molecule has 0 spiro atoms. The summed E-state index contributed by atoms with van der Waals surface area (Å²) < 4.78 is 10.9. The number of carbonyl (C=O) groups is 1. The quantitative estimate of drug-likeness (QED) is 0.809. The Bertz CT molecular complexity index is 769. The maximum atomic E-state index is 12.7. The number of methoxy groups -OCH3 is 1. The van der Waals surface area contributed by atoms with Crippen LogP contribution in [0.25, 0.3) is 0 Å². The van der Waals surface area contributed by atoms with E-state index in [-0.39, 0.29) is 11.9 Å². The number of hydrogen-bond donors (Lipinski definition) is 1. The molecule has 0 saturated carbocycles. The van der Waals surface area contributed by atoms with Gasteiger partial charge in [0.25, 0.3) is 5.91 Å². The minimum absolute atomic E-state index is 0.0557. The van der Waals surface area contributed by atoms with Gasteiger partial charge in [-0.05, 0) is 48.6 Å². The van der Waals surface area contributed by atoms with Gasteiger partial charge < -0.3 is 14.8 Å². The molecule has 1 amide bonds. The van der Waals surface area contributed by atoms with Crippen molar-refractivity contribution in [2.75, 3.05) is 13.7 Å². The van der Waals surface area contributed by atoms with Gasteiger partial charge in [-0.2, -0.15) is 0 Å². The molecule has 1 unspecified atom stereocenters. The van der Waals surface area contributed by atoms with Gasteiger partial charge in [0.15, 0.2) is 11.5 Å². The van der Waals surface area contributed by atoms with Gasteiger partial charge >= 0.3 is 0 Å². The fraction of sp³-hybridized carbons (Fsp3) is 0.286. The second-order valence-electron chi connectivity index (χ2n) is 6.08. The third kappa shape index (κ3) is 3.85. The molecule has 0 heterocycles. The van der Waals surface area contributed by atoms with Gasteiger partial charge in [-0.3, -0.25) is 4.79 Å². The molecular weight excluding hydrogens is 314 g/mol. The zero-order valence-electron chi connectivity index (χ0n) is 14.5. The molecule has 25 heavy (non-hydrogen) atoms. The van der Waals surface area contributed by atoms with Crippen LogP contribution in [0.3, 0.4) is 0 Å². The van der Waals surface area contributed by atoms with E-state index in [1.54, 1.807) is 31.4 Å². The van der Waals surface area contributed by atoms with Crippen LogP contribution >= 0.6 is 0 Å². The van der Waals surface area contributed by atoms with Crippen molar-refractivity contribution >= 4 is 5.91 Å². The van der Waals surface area contributed by atoms with Gasteiger partial charge in [0.1, 0.15) is 6.61 Å². The lowest BCUT2D eigenvalue weighted by atomic mass is 9.87. The van der Waals surface area contributed by atoms with E-state index in [2.05, 4.69) is 30.1 Å². The Kier molecular flexibility index (Phi) is 5.39. The largest absolute Gasteiger partial charge is 0.493 e. The minimum Gasteiger partial charge on any atom is -0.493 e. The summed E-state index contributed by atoms with van der Waals surface area (Å²) in [6.45, 7) is 4.02. The monoisotopic (exact) mass is 337 g/mol. The van der Waals surface area contributed by atoms with Crippen molar-refractivity contribution in [1.82, 2.24) is 5.32 Å². The van der Waals surface area contributed by atoms with Gasteiger partial charge in [0.05, 0.1) is 13.2 Å². The molecule has 4 heteroatoms. The molecular formula is C21H23NO3. The number of hydrogen-bond acceptors (Lipinski definition) is 3. The van der Waals surface area contributed by atoms with E-state index in [9.17, 15) is 4.79 Å². The first-order valence-corrected chi connectivity index (χ1v) is 8.53. The summed E-state index contributed by atoms with van der Waals surface area (Å²) in [4.78, 5) is 12.7. The standard InChI is InChI=1S/C21H23NO3/c1-3-13-25-19-12-11-16(14-20(19)24-2)21(23)22-18-10-6-8-15-7-4-5-9-17(15)18/h3-5,7,9,11-12,14,18H,1,6,8,10,13H2,2H3,(H,22,23). The van der Waals surface area contributed by atoms with Crippen LogP contribution in [-0.4, -0.2) is 19.6 Å².